The van der Waals surface area contributed by atoms with Crippen molar-refractivity contribution >= 4 is 17.7 Å². The summed E-state index contributed by atoms with van der Waals surface area (Å²) in [6.45, 7) is 4.33. The molecule has 0 spiro atoms. The molecular formula is C13H21NO3S. The van der Waals surface area contributed by atoms with Crippen LogP contribution in [0.3, 0.4) is 0 Å². The van der Waals surface area contributed by atoms with Crippen LogP contribution in [0.4, 0.5) is 0 Å². The first-order valence-corrected chi connectivity index (χ1v) is 7.46. The van der Waals surface area contributed by atoms with Crippen molar-refractivity contribution in [2.24, 2.45) is 5.92 Å². The Morgan fingerprint density at radius 1 is 1.50 bits per heavy atom. The SMILES string of the molecule is CSCc1ccc(C(=O)NCC(O)CC(C)C)o1. The van der Waals surface area contributed by atoms with Gasteiger partial charge in [-0.2, -0.15) is 11.8 Å². The van der Waals surface area contributed by atoms with Gasteiger partial charge in [0.2, 0.25) is 0 Å². The molecule has 0 saturated heterocycles. The average Bonchev–Trinajstić information content (AvgIpc) is 2.74. The van der Waals surface area contributed by atoms with Crippen LogP contribution in [0, 0.1) is 5.92 Å². The van der Waals surface area contributed by atoms with Crippen LogP contribution in [0.5, 0.6) is 0 Å². The van der Waals surface area contributed by atoms with Crippen LogP contribution in [0.1, 0.15) is 36.6 Å². The number of aliphatic hydroxyl groups excluding tert-OH is 1. The van der Waals surface area contributed by atoms with E-state index in [1.54, 1.807) is 23.9 Å². The van der Waals surface area contributed by atoms with Crippen molar-refractivity contribution in [3.63, 3.8) is 0 Å². The number of furan rings is 1. The van der Waals surface area contributed by atoms with Gasteiger partial charge in [0.1, 0.15) is 5.76 Å². The first-order valence-electron chi connectivity index (χ1n) is 6.06. The van der Waals surface area contributed by atoms with Gasteiger partial charge in [-0.3, -0.25) is 4.79 Å². The van der Waals surface area contributed by atoms with E-state index in [9.17, 15) is 9.90 Å². The molecule has 2 N–H and O–H groups in total. The van der Waals surface area contributed by atoms with Crippen LogP contribution in [0.15, 0.2) is 16.5 Å². The Kier molecular flexibility index (Phi) is 6.29. The van der Waals surface area contributed by atoms with Gasteiger partial charge in [0, 0.05) is 6.54 Å². The van der Waals surface area contributed by atoms with Crippen molar-refractivity contribution in [3.8, 4) is 0 Å². The number of rotatable bonds is 7. The van der Waals surface area contributed by atoms with Crippen molar-refractivity contribution in [3.05, 3.63) is 23.7 Å². The molecule has 1 aromatic heterocycles. The molecule has 1 amide bonds. The molecule has 0 aliphatic carbocycles. The Balaban J connectivity index is 2.40. The minimum absolute atomic E-state index is 0.259. The van der Waals surface area contributed by atoms with E-state index in [4.69, 9.17) is 4.42 Å². The van der Waals surface area contributed by atoms with Crippen LogP contribution >= 0.6 is 11.8 Å². The highest BCUT2D eigenvalue weighted by Gasteiger charge is 2.13. The van der Waals surface area contributed by atoms with Crippen molar-refractivity contribution in [1.29, 1.82) is 0 Å². The number of hydrogen-bond acceptors (Lipinski definition) is 4. The topological polar surface area (TPSA) is 62.5 Å². The molecule has 1 heterocycles. The number of carbonyl (C=O) groups excluding carboxylic acids is 1. The summed E-state index contributed by atoms with van der Waals surface area (Å²) in [7, 11) is 0. The summed E-state index contributed by atoms with van der Waals surface area (Å²) in [5.41, 5.74) is 0. The van der Waals surface area contributed by atoms with Gasteiger partial charge in [-0.25, -0.2) is 0 Å². The molecule has 1 rings (SSSR count). The molecule has 0 aromatic carbocycles. The van der Waals surface area contributed by atoms with E-state index in [-0.39, 0.29) is 12.5 Å². The predicted molar refractivity (Wildman–Crippen MR) is 73.7 cm³/mol. The molecule has 0 radical (unpaired) electrons. The van der Waals surface area contributed by atoms with Gasteiger partial charge in [0.25, 0.3) is 5.91 Å². The van der Waals surface area contributed by atoms with Crippen LogP contribution in [0.25, 0.3) is 0 Å². The fraction of sp³-hybridized carbons (Fsp3) is 0.615. The summed E-state index contributed by atoms with van der Waals surface area (Å²) in [6, 6.07) is 3.46. The number of carbonyl (C=O) groups is 1. The number of hydrogen-bond donors (Lipinski definition) is 2. The third kappa shape index (κ3) is 5.14. The van der Waals surface area contributed by atoms with E-state index in [0.717, 1.165) is 11.5 Å². The highest BCUT2D eigenvalue weighted by Crippen LogP contribution is 2.13. The smallest absolute Gasteiger partial charge is 0.287 e. The highest BCUT2D eigenvalue weighted by molar-refractivity contribution is 7.97. The third-order valence-electron chi connectivity index (χ3n) is 2.41. The van der Waals surface area contributed by atoms with Crippen molar-refractivity contribution in [1.82, 2.24) is 5.32 Å². The molecule has 5 heteroatoms. The lowest BCUT2D eigenvalue weighted by Gasteiger charge is -2.13. The van der Waals surface area contributed by atoms with E-state index >= 15 is 0 Å². The highest BCUT2D eigenvalue weighted by atomic mass is 32.2. The minimum Gasteiger partial charge on any atom is -0.455 e. The minimum atomic E-state index is -0.505. The van der Waals surface area contributed by atoms with Crippen LogP contribution < -0.4 is 5.32 Å². The Hall–Kier alpha value is -0.940. The summed E-state index contributed by atoms with van der Waals surface area (Å²) < 4.78 is 5.38. The Labute approximate surface area is 112 Å². The molecule has 1 unspecified atom stereocenters. The predicted octanol–water partition coefficient (Wildman–Crippen LogP) is 2.28. The standard InChI is InChI=1S/C13H21NO3S/c1-9(2)6-10(15)7-14-13(16)12-5-4-11(17-12)8-18-3/h4-5,9-10,15H,6-8H2,1-3H3,(H,14,16). The maximum Gasteiger partial charge on any atom is 0.287 e. The normalized spacial score (nSPS) is 12.7. The molecule has 0 saturated carbocycles. The third-order valence-corrected chi connectivity index (χ3v) is 2.99. The van der Waals surface area contributed by atoms with Crippen LogP contribution in [0.2, 0.25) is 0 Å². The zero-order valence-corrected chi connectivity index (χ0v) is 11.9. The Morgan fingerprint density at radius 3 is 2.83 bits per heavy atom. The first-order chi connectivity index (χ1) is 8.52. The van der Waals surface area contributed by atoms with E-state index < -0.39 is 6.10 Å². The second kappa shape index (κ2) is 7.48. The monoisotopic (exact) mass is 271 g/mol. The molecule has 0 fully saturated rings. The molecule has 0 aliphatic rings. The molecule has 1 aromatic rings. The van der Waals surface area contributed by atoms with Crippen molar-refractivity contribution < 1.29 is 14.3 Å². The quantitative estimate of drug-likeness (QED) is 0.798. The average molecular weight is 271 g/mol. The first kappa shape index (κ1) is 15.1. The van der Waals surface area contributed by atoms with E-state index in [1.165, 1.54) is 0 Å². The van der Waals surface area contributed by atoms with E-state index in [0.29, 0.717) is 18.1 Å². The van der Waals surface area contributed by atoms with Crippen molar-refractivity contribution in [2.75, 3.05) is 12.8 Å². The van der Waals surface area contributed by atoms with Gasteiger partial charge in [-0.15, -0.1) is 0 Å². The second-order valence-corrected chi connectivity index (χ2v) is 5.56. The molecule has 1 atom stereocenters. The van der Waals surface area contributed by atoms with Crippen LogP contribution in [-0.4, -0.2) is 29.9 Å². The van der Waals surface area contributed by atoms with Gasteiger partial charge in [-0.05, 0) is 30.7 Å². The summed E-state index contributed by atoms with van der Waals surface area (Å²) >= 11 is 1.64. The fourth-order valence-electron chi connectivity index (χ4n) is 1.64. The number of amides is 1. The van der Waals surface area contributed by atoms with Gasteiger partial charge in [0.05, 0.1) is 11.9 Å². The Bertz CT molecular complexity index is 376. The second-order valence-electron chi connectivity index (χ2n) is 4.69. The number of aliphatic hydroxyl groups is 1. The summed E-state index contributed by atoms with van der Waals surface area (Å²) in [4.78, 5) is 11.7. The largest absolute Gasteiger partial charge is 0.455 e. The molecule has 0 bridgehead atoms. The van der Waals surface area contributed by atoms with Crippen LogP contribution in [-0.2, 0) is 5.75 Å². The molecule has 18 heavy (non-hydrogen) atoms. The van der Waals surface area contributed by atoms with Gasteiger partial charge >= 0.3 is 0 Å². The van der Waals surface area contributed by atoms with Gasteiger partial charge in [-0.1, -0.05) is 13.8 Å². The summed E-state index contributed by atoms with van der Waals surface area (Å²) in [6.07, 6.45) is 2.15. The number of nitrogens with one attached hydrogen (secondary N) is 1. The lowest BCUT2D eigenvalue weighted by Crippen LogP contribution is -2.32. The lowest BCUT2D eigenvalue weighted by molar-refractivity contribution is 0.0872. The fourth-order valence-corrected chi connectivity index (χ4v) is 2.08. The lowest BCUT2D eigenvalue weighted by atomic mass is 10.1. The van der Waals surface area contributed by atoms with E-state index in [1.807, 2.05) is 20.1 Å². The molecule has 0 aliphatic heterocycles. The Morgan fingerprint density at radius 2 is 2.22 bits per heavy atom. The maximum atomic E-state index is 11.7. The zero-order valence-electron chi connectivity index (χ0n) is 11.1. The molecular weight excluding hydrogens is 250 g/mol. The maximum absolute atomic E-state index is 11.7. The zero-order chi connectivity index (χ0) is 13.5. The van der Waals surface area contributed by atoms with Crippen molar-refractivity contribution in [2.45, 2.75) is 32.1 Å². The van der Waals surface area contributed by atoms with Gasteiger partial charge in [0.15, 0.2) is 5.76 Å². The van der Waals surface area contributed by atoms with Gasteiger partial charge < -0.3 is 14.8 Å². The summed E-state index contributed by atoms with van der Waals surface area (Å²) in [5.74, 6) is 1.98. The summed E-state index contributed by atoms with van der Waals surface area (Å²) in [5, 5.41) is 12.3. The van der Waals surface area contributed by atoms with E-state index in [2.05, 4.69) is 5.32 Å². The number of thioether (sulfide) groups is 1. The molecule has 4 nitrogen and oxygen atoms in total. The molecule has 102 valence electrons.